The van der Waals surface area contributed by atoms with Crippen molar-refractivity contribution in [1.82, 2.24) is 10.2 Å². The van der Waals surface area contributed by atoms with Crippen LogP contribution in [0.3, 0.4) is 0 Å². The molecule has 0 saturated carbocycles. The van der Waals surface area contributed by atoms with Crippen molar-refractivity contribution < 1.29 is 24.2 Å². The number of carbonyl (C=O) groups is 3. The Kier molecular flexibility index (Phi) is 6.40. The molecule has 2 N–H and O–H groups in total. The van der Waals surface area contributed by atoms with E-state index < -0.39 is 24.0 Å². The fourth-order valence-electron chi connectivity index (χ4n) is 4.95. The molecule has 0 spiro atoms. The number of nitrogens with zero attached hydrogens (tertiary/aromatic N) is 1. The van der Waals surface area contributed by atoms with Gasteiger partial charge >= 0.3 is 12.1 Å². The Morgan fingerprint density at radius 2 is 1.61 bits per heavy atom. The highest BCUT2D eigenvalue weighted by Gasteiger charge is 2.40. The third kappa shape index (κ3) is 4.45. The lowest BCUT2D eigenvalue weighted by Crippen LogP contribution is -2.51. The van der Waals surface area contributed by atoms with Gasteiger partial charge in [0.1, 0.15) is 12.6 Å². The molecule has 1 aliphatic carbocycles. The predicted octanol–water partition coefficient (Wildman–Crippen LogP) is 3.73. The summed E-state index contributed by atoms with van der Waals surface area (Å²) in [6.07, 6.45) is -0.647. The molecule has 33 heavy (non-hydrogen) atoms. The van der Waals surface area contributed by atoms with Crippen LogP contribution in [0.25, 0.3) is 11.1 Å². The van der Waals surface area contributed by atoms with Crippen LogP contribution >= 0.6 is 0 Å². The number of carboxylic acid groups (broad SMARTS) is 1. The number of nitrogens with one attached hydrogen (secondary N) is 1. The first kappa shape index (κ1) is 22.8. The summed E-state index contributed by atoms with van der Waals surface area (Å²) in [5, 5.41) is 12.1. The molecule has 0 bridgehead atoms. The number of likely N-dealkylation sites (tertiary alicyclic amines) is 1. The van der Waals surface area contributed by atoms with Crippen molar-refractivity contribution in [3.63, 3.8) is 0 Å². The summed E-state index contributed by atoms with van der Waals surface area (Å²) in [6, 6.07) is 15.4. The molecule has 2 aliphatic rings. The molecule has 174 valence electrons. The van der Waals surface area contributed by atoms with Crippen molar-refractivity contribution in [1.29, 1.82) is 0 Å². The van der Waals surface area contributed by atoms with E-state index in [0.29, 0.717) is 6.54 Å². The van der Waals surface area contributed by atoms with E-state index in [4.69, 9.17) is 4.74 Å². The van der Waals surface area contributed by atoms with Gasteiger partial charge in [0.05, 0.1) is 5.92 Å². The predicted molar refractivity (Wildman–Crippen MR) is 124 cm³/mol. The summed E-state index contributed by atoms with van der Waals surface area (Å²) in [5.74, 6) is -2.12. The quantitative estimate of drug-likeness (QED) is 0.699. The van der Waals surface area contributed by atoms with Gasteiger partial charge in [-0.15, -0.1) is 0 Å². The van der Waals surface area contributed by atoms with Crippen molar-refractivity contribution in [3.05, 3.63) is 59.7 Å². The lowest BCUT2D eigenvalue weighted by atomic mass is 9.98. The Bertz CT molecular complexity index is 1020. The van der Waals surface area contributed by atoms with Crippen LogP contribution < -0.4 is 5.32 Å². The zero-order valence-electron chi connectivity index (χ0n) is 19.2. The van der Waals surface area contributed by atoms with E-state index in [9.17, 15) is 19.5 Å². The Labute approximate surface area is 193 Å². The summed E-state index contributed by atoms with van der Waals surface area (Å²) in [5.41, 5.74) is 4.53. The smallest absolute Gasteiger partial charge is 0.407 e. The number of hydrogen-bond acceptors (Lipinski definition) is 4. The molecule has 1 heterocycles. The van der Waals surface area contributed by atoms with Crippen LogP contribution in [0.4, 0.5) is 4.79 Å². The lowest BCUT2D eigenvalue weighted by molar-refractivity contribution is -0.142. The van der Waals surface area contributed by atoms with E-state index in [1.54, 1.807) is 0 Å². The average Bonchev–Trinajstić information content (AvgIpc) is 3.34. The van der Waals surface area contributed by atoms with E-state index in [-0.39, 0.29) is 36.8 Å². The highest BCUT2D eigenvalue weighted by Crippen LogP contribution is 2.44. The highest BCUT2D eigenvalue weighted by atomic mass is 16.5. The van der Waals surface area contributed by atoms with E-state index >= 15 is 0 Å². The second-order valence-electron chi connectivity index (χ2n) is 9.36. The molecule has 2 amide bonds. The number of alkyl carbamates (subject to hydrolysis) is 1. The Hall–Kier alpha value is -3.35. The van der Waals surface area contributed by atoms with Gasteiger partial charge in [0.15, 0.2) is 0 Å². The van der Waals surface area contributed by atoms with Gasteiger partial charge in [-0.05, 0) is 34.1 Å². The molecule has 7 nitrogen and oxygen atoms in total. The summed E-state index contributed by atoms with van der Waals surface area (Å²) in [4.78, 5) is 38.7. The van der Waals surface area contributed by atoms with Crippen LogP contribution in [0.2, 0.25) is 0 Å². The van der Waals surface area contributed by atoms with Crippen molar-refractivity contribution >= 4 is 18.0 Å². The van der Waals surface area contributed by atoms with Gasteiger partial charge in [-0.1, -0.05) is 69.3 Å². The van der Waals surface area contributed by atoms with Gasteiger partial charge in [-0.2, -0.15) is 0 Å². The molecule has 3 unspecified atom stereocenters. The summed E-state index contributed by atoms with van der Waals surface area (Å²) >= 11 is 0. The molecule has 0 radical (unpaired) electrons. The Morgan fingerprint density at radius 1 is 1.03 bits per heavy atom. The van der Waals surface area contributed by atoms with Gasteiger partial charge in [-0.25, -0.2) is 4.79 Å². The standard InChI is InChI=1S/C26H30N2O5/c1-15(2)23(24(29)28-12-16(3)21(13-28)25(30)31)27-26(32)33-14-22-19-10-6-4-8-17(19)18-9-5-7-11-20(18)22/h4-11,15-16,21-23H,12-14H2,1-3H3,(H,27,32)(H,30,31). The molecule has 7 heteroatoms. The van der Waals surface area contributed by atoms with Crippen LogP contribution in [0.15, 0.2) is 48.5 Å². The van der Waals surface area contributed by atoms with E-state index in [1.165, 1.54) is 4.90 Å². The number of hydrogen-bond donors (Lipinski definition) is 2. The second-order valence-corrected chi connectivity index (χ2v) is 9.36. The van der Waals surface area contributed by atoms with Gasteiger partial charge in [0, 0.05) is 19.0 Å². The molecule has 0 aromatic heterocycles. The van der Waals surface area contributed by atoms with Crippen LogP contribution in [0, 0.1) is 17.8 Å². The number of ether oxygens (including phenoxy) is 1. The Balaban J connectivity index is 1.41. The van der Waals surface area contributed by atoms with Gasteiger partial charge in [-0.3, -0.25) is 9.59 Å². The Morgan fingerprint density at radius 3 is 2.12 bits per heavy atom. The molecular weight excluding hydrogens is 420 g/mol. The summed E-state index contributed by atoms with van der Waals surface area (Å²) in [7, 11) is 0. The molecule has 2 aromatic rings. The van der Waals surface area contributed by atoms with E-state index in [0.717, 1.165) is 22.3 Å². The van der Waals surface area contributed by atoms with Crippen molar-refractivity contribution in [2.45, 2.75) is 32.7 Å². The fourth-order valence-corrected chi connectivity index (χ4v) is 4.95. The van der Waals surface area contributed by atoms with Gasteiger partial charge in [0.25, 0.3) is 0 Å². The maximum absolute atomic E-state index is 13.1. The van der Waals surface area contributed by atoms with Crippen LogP contribution in [-0.2, 0) is 14.3 Å². The first-order valence-corrected chi connectivity index (χ1v) is 11.4. The number of fused-ring (bicyclic) bond motifs is 3. The molecule has 4 rings (SSSR count). The number of carbonyl (C=O) groups excluding carboxylic acids is 2. The minimum atomic E-state index is -0.900. The molecule has 3 atom stereocenters. The van der Waals surface area contributed by atoms with Gasteiger partial charge < -0.3 is 20.1 Å². The third-order valence-electron chi connectivity index (χ3n) is 6.79. The normalized spacial score (nSPS) is 20.3. The topological polar surface area (TPSA) is 95.9 Å². The van der Waals surface area contributed by atoms with Crippen LogP contribution in [0.1, 0.15) is 37.8 Å². The number of benzene rings is 2. The highest BCUT2D eigenvalue weighted by molar-refractivity contribution is 5.87. The van der Waals surface area contributed by atoms with Gasteiger partial charge in [0.2, 0.25) is 5.91 Å². The maximum atomic E-state index is 13.1. The lowest BCUT2D eigenvalue weighted by Gasteiger charge is -2.27. The monoisotopic (exact) mass is 450 g/mol. The molecule has 1 aliphatic heterocycles. The largest absolute Gasteiger partial charge is 0.481 e. The number of rotatable bonds is 6. The molecule has 1 saturated heterocycles. The summed E-state index contributed by atoms with van der Waals surface area (Å²) in [6.45, 7) is 6.22. The minimum Gasteiger partial charge on any atom is -0.481 e. The van der Waals surface area contributed by atoms with Crippen molar-refractivity contribution in [2.24, 2.45) is 17.8 Å². The third-order valence-corrected chi connectivity index (χ3v) is 6.79. The van der Waals surface area contributed by atoms with Crippen molar-refractivity contribution in [2.75, 3.05) is 19.7 Å². The average molecular weight is 451 g/mol. The number of carboxylic acids is 1. The number of aliphatic carboxylic acids is 1. The summed E-state index contributed by atoms with van der Waals surface area (Å²) < 4.78 is 5.60. The van der Waals surface area contributed by atoms with Crippen molar-refractivity contribution in [3.8, 4) is 11.1 Å². The fraction of sp³-hybridized carbons (Fsp3) is 0.423. The molecule has 2 aromatic carbocycles. The van der Waals surface area contributed by atoms with E-state index in [2.05, 4.69) is 29.6 Å². The maximum Gasteiger partial charge on any atom is 0.407 e. The second kappa shape index (κ2) is 9.25. The number of amides is 2. The first-order valence-electron chi connectivity index (χ1n) is 11.4. The zero-order valence-corrected chi connectivity index (χ0v) is 19.2. The van der Waals surface area contributed by atoms with Crippen LogP contribution in [-0.4, -0.2) is 53.7 Å². The SMILES string of the molecule is CC(C)C(NC(=O)OCC1c2ccccc2-c2ccccc21)C(=O)N1CC(C)C(C(=O)O)C1. The molecular formula is C26H30N2O5. The minimum absolute atomic E-state index is 0.0629. The zero-order chi connectivity index (χ0) is 23.7. The molecule has 1 fully saturated rings. The van der Waals surface area contributed by atoms with Crippen LogP contribution in [0.5, 0.6) is 0 Å². The van der Waals surface area contributed by atoms with E-state index in [1.807, 2.05) is 45.0 Å². The first-order chi connectivity index (χ1) is 15.8.